The van der Waals surface area contributed by atoms with Crippen molar-refractivity contribution in [2.45, 2.75) is 6.92 Å². The minimum atomic E-state index is -4.61. The van der Waals surface area contributed by atoms with E-state index < -0.39 is 13.3 Å². The Morgan fingerprint density at radius 2 is 1.82 bits per heavy atom. The Morgan fingerprint density at radius 1 is 1.29 bits per heavy atom. The van der Waals surface area contributed by atoms with Gasteiger partial charge >= 0.3 is 5.71 Å². The van der Waals surface area contributed by atoms with Crippen LogP contribution in [0.1, 0.15) is 6.92 Å². The molecule has 0 bridgehead atoms. The van der Waals surface area contributed by atoms with Crippen molar-refractivity contribution in [3.63, 3.8) is 0 Å². The van der Waals surface area contributed by atoms with Gasteiger partial charge < -0.3 is 18.9 Å². The summed E-state index contributed by atoms with van der Waals surface area (Å²) in [7, 11) is -3.12. The summed E-state index contributed by atoms with van der Waals surface area (Å²) < 4.78 is 25.0. The number of carbonyl (C=O) groups excluding carboxylic acids is 1. The molecule has 0 N–H and O–H groups in total. The average Bonchev–Trinajstić information content (AvgIpc) is 2.30. The predicted octanol–water partition coefficient (Wildman–Crippen LogP) is 1.78. The van der Waals surface area contributed by atoms with Crippen LogP contribution in [0.4, 0.5) is 4.79 Å². The molecule has 7 heteroatoms. The maximum atomic E-state index is 11.2. The van der Waals surface area contributed by atoms with Gasteiger partial charge in [-0.2, -0.15) is 0 Å². The Bertz CT molecular complexity index is 427. The van der Waals surface area contributed by atoms with E-state index in [-0.39, 0.29) is 12.4 Å². The first-order chi connectivity index (χ1) is 7.99. The SMILES string of the molecule is CCOP(=O)([O-])C(=O)Oc1ccc(OC)cc1. The largest absolute Gasteiger partial charge is 0.770 e. The number of hydrogen-bond acceptors (Lipinski definition) is 6. The first-order valence-electron chi connectivity index (χ1n) is 4.81. The molecule has 0 fully saturated rings. The van der Waals surface area contributed by atoms with Gasteiger partial charge in [0, 0.05) is 0 Å². The fourth-order valence-electron chi connectivity index (χ4n) is 1.02. The third-order valence-electron chi connectivity index (χ3n) is 1.79. The fourth-order valence-corrected chi connectivity index (χ4v) is 1.69. The van der Waals surface area contributed by atoms with Gasteiger partial charge in [0.25, 0.3) is 0 Å². The van der Waals surface area contributed by atoms with Crippen molar-refractivity contribution in [1.29, 1.82) is 0 Å². The van der Waals surface area contributed by atoms with Crippen molar-refractivity contribution in [3.8, 4) is 11.5 Å². The molecule has 1 aromatic rings. The molecule has 94 valence electrons. The highest BCUT2D eigenvalue weighted by Crippen LogP contribution is 2.39. The van der Waals surface area contributed by atoms with Crippen LogP contribution in [-0.4, -0.2) is 19.4 Å². The third kappa shape index (κ3) is 3.85. The van der Waals surface area contributed by atoms with Crippen LogP contribution in [0.15, 0.2) is 24.3 Å². The zero-order chi connectivity index (χ0) is 12.9. The molecule has 0 aliphatic rings. The van der Waals surface area contributed by atoms with Gasteiger partial charge in [0.1, 0.15) is 11.5 Å². The first-order valence-corrected chi connectivity index (χ1v) is 6.36. The summed E-state index contributed by atoms with van der Waals surface area (Å²) in [6.07, 6.45) is 0. The summed E-state index contributed by atoms with van der Waals surface area (Å²) in [5.74, 6) is 0.673. The molecule has 0 amide bonds. The molecule has 0 aliphatic heterocycles. The molecule has 0 saturated carbocycles. The van der Waals surface area contributed by atoms with Crippen LogP contribution < -0.4 is 14.4 Å². The number of hydrogen-bond donors (Lipinski definition) is 0. The summed E-state index contributed by atoms with van der Waals surface area (Å²) in [4.78, 5) is 22.4. The van der Waals surface area contributed by atoms with E-state index in [1.807, 2.05) is 0 Å². The second-order valence-electron chi connectivity index (χ2n) is 2.96. The van der Waals surface area contributed by atoms with Crippen LogP contribution in [-0.2, 0) is 9.09 Å². The van der Waals surface area contributed by atoms with Gasteiger partial charge in [-0.1, -0.05) is 0 Å². The lowest BCUT2D eigenvalue weighted by atomic mass is 10.3. The van der Waals surface area contributed by atoms with Crippen LogP contribution in [0.25, 0.3) is 0 Å². The first kappa shape index (κ1) is 13.7. The minimum Gasteiger partial charge on any atom is -0.770 e. The van der Waals surface area contributed by atoms with Gasteiger partial charge in [-0.15, -0.1) is 0 Å². The molecule has 1 atom stereocenters. The van der Waals surface area contributed by atoms with Crippen LogP contribution in [0, 0.1) is 0 Å². The molecule has 1 rings (SSSR count). The van der Waals surface area contributed by atoms with E-state index in [0.717, 1.165) is 0 Å². The predicted molar refractivity (Wildman–Crippen MR) is 58.3 cm³/mol. The molecule has 0 aromatic heterocycles. The van der Waals surface area contributed by atoms with Crippen LogP contribution in [0.3, 0.4) is 0 Å². The number of benzene rings is 1. The van der Waals surface area contributed by atoms with E-state index in [0.29, 0.717) is 5.75 Å². The summed E-state index contributed by atoms with van der Waals surface area (Å²) in [6.45, 7) is 1.35. The van der Waals surface area contributed by atoms with Crippen molar-refractivity contribution in [3.05, 3.63) is 24.3 Å². The lowest BCUT2D eigenvalue weighted by Crippen LogP contribution is -2.17. The molecule has 6 nitrogen and oxygen atoms in total. The van der Waals surface area contributed by atoms with Gasteiger partial charge in [-0.05, 0) is 31.2 Å². The summed E-state index contributed by atoms with van der Waals surface area (Å²) in [6, 6.07) is 5.92. The quantitative estimate of drug-likeness (QED) is 0.749. The summed E-state index contributed by atoms with van der Waals surface area (Å²) in [5.41, 5.74) is -1.41. The molecule has 0 aliphatic carbocycles. The monoisotopic (exact) mass is 259 g/mol. The lowest BCUT2D eigenvalue weighted by molar-refractivity contribution is -0.194. The zero-order valence-corrected chi connectivity index (χ0v) is 10.3. The van der Waals surface area contributed by atoms with Crippen LogP contribution in [0.5, 0.6) is 11.5 Å². The zero-order valence-electron chi connectivity index (χ0n) is 9.41. The molecule has 0 spiro atoms. The van der Waals surface area contributed by atoms with Crippen molar-refractivity contribution >= 4 is 13.3 Å². The van der Waals surface area contributed by atoms with E-state index in [4.69, 9.17) is 4.74 Å². The lowest BCUT2D eigenvalue weighted by Gasteiger charge is -2.19. The van der Waals surface area contributed by atoms with Crippen molar-refractivity contribution in [2.75, 3.05) is 13.7 Å². The van der Waals surface area contributed by atoms with Crippen LogP contribution in [0.2, 0.25) is 0 Å². The van der Waals surface area contributed by atoms with Gasteiger partial charge in [-0.25, -0.2) is 4.79 Å². The molecular formula is C10H12O6P-. The Hall–Kier alpha value is -1.36. The smallest absolute Gasteiger partial charge is 0.382 e. The molecule has 0 saturated heterocycles. The number of carbonyl (C=O) groups is 1. The fraction of sp³-hybridized carbons (Fsp3) is 0.300. The van der Waals surface area contributed by atoms with E-state index in [1.54, 1.807) is 12.1 Å². The van der Waals surface area contributed by atoms with Crippen molar-refractivity contribution in [2.24, 2.45) is 0 Å². The number of ether oxygens (including phenoxy) is 2. The molecule has 0 heterocycles. The van der Waals surface area contributed by atoms with Gasteiger partial charge in [0.05, 0.1) is 13.7 Å². The molecule has 0 radical (unpaired) electrons. The highest BCUT2D eigenvalue weighted by molar-refractivity contribution is 7.69. The van der Waals surface area contributed by atoms with E-state index >= 15 is 0 Å². The highest BCUT2D eigenvalue weighted by atomic mass is 31.2. The van der Waals surface area contributed by atoms with Gasteiger partial charge in [0.15, 0.2) is 0 Å². The molecule has 1 unspecified atom stereocenters. The minimum absolute atomic E-state index is 0.103. The summed E-state index contributed by atoms with van der Waals surface area (Å²) >= 11 is 0. The molecule has 1 aromatic carbocycles. The van der Waals surface area contributed by atoms with Gasteiger partial charge in [0.2, 0.25) is 7.60 Å². The number of methoxy groups -OCH3 is 1. The Balaban J connectivity index is 2.70. The molecular weight excluding hydrogens is 247 g/mol. The van der Waals surface area contributed by atoms with E-state index in [1.165, 1.54) is 26.2 Å². The van der Waals surface area contributed by atoms with Crippen LogP contribution >= 0.6 is 7.60 Å². The topological polar surface area (TPSA) is 84.9 Å². The maximum Gasteiger partial charge on any atom is 0.382 e. The van der Waals surface area contributed by atoms with Crippen molar-refractivity contribution in [1.82, 2.24) is 0 Å². The molecule has 17 heavy (non-hydrogen) atoms. The Kier molecular flexibility index (Phi) is 4.69. The van der Waals surface area contributed by atoms with Crippen molar-refractivity contribution < 1.29 is 28.3 Å². The highest BCUT2D eigenvalue weighted by Gasteiger charge is 2.22. The van der Waals surface area contributed by atoms with Gasteiger partial charge in [-0.3, -0.25) is 4.57 Å². The van der Waals surface area contributed by atoms with E-state index in [2.05, 4.69) is 9.26 Å². The third-order valence-corrected chi connectivity index (χ3v) is 2.92. The standard InChI is InChI=1S/C10H13O6P/c1-3-15-17(12,13)10(11)16-9-6-4-8(14-2)5-7-9/h4-7H,3H2,1-2H3,(H,12,13)/p-1. The summed E-state index contributed by atoms with van der Waals surface area (Å²) in [5, 5.41) is 0. The second-order valence-corrected chi connectivity index (χ2v) is 4.58. The maximum absolute atomic E-state index is 11.2. The normalized spacial score (nSPS) is 13.8. The average molecular weight is 259 g/mol. The van der Waals surface area contributed by atoms with E-state index in [9.17, 15) is 14.3 Å². The number of rotatable bonds is 5. The Morgan fingerprint density at radius 3 is 2.29 bits per heavy atom. The Labute approximate surface area is 98.7 Å². The second kappa shape index (κ2) is 5.82.